The Morgan fingerprint density at radius 2 is 2.33 bits per heavy atom. The Bertz CT molecular complexity index is 467. The van der Waals surface area contributed by atoms with Gasteiger partial charge in [0.1, 0.15) is 0 Å². The number of aromatic nitrogens is 3. The summed E-state index contributed by atoms with van der Waals surface area (Å²) in [4.78, 5) is 18.9. The van der Waals surface area contributed by atoms with Crippen molar-refractivity contribution in [3.8, 4) is 11.4 Å². The van der Waals surface area contributed by atoms with Crippen LogP contribution >= 0.6 is 0 Å². The molecule has 0 radical (unpaired) electrons. The fourth-order valence-electron chi connectivity index (χ4n) is 1.09. The number of ether oxygens (including phenoxy) is 1. The lowest BCUT2D eigenvalue weighted by Crippen LogP contribution is -2.01. The topological polar surface area (TPSA) is 78.1 Å². The summed E-state index contributed by atoms with van der Waals surface area (Å²) in [6.07, 6.45) is 4.16. The maximum absolute atomic E-state index is 11.2. The molecule has 0 aliphatic heterocycles. The molecule has 0 N–H and O–H groups in total. The van der Waals surface area contributed by atoms with E-state index in [1.165, 1.54) is 25.9 Å². The van der Waals surface area contributed by atoms with E-state index in [9.17, 15) is 4.79 Å². The molecule has 0 saturated carbocycles. The van der Waals surface area contributed by atoms with Gasteiger partial charge in [-0.25, -0.2) is 4.79 Å². The van der Waals surface area contributed by atoms with Gasteiger partial charge in [0.2, 0.25) is 12.2 Å². The Hall–Kier alpha value is -2.24. The molecule has 0 saturated heterocycles. The first-order valence-electron chi connectivity index (χ1n) is 4.11. The largest absolute Gasteiger partial charge is 0.465 e. The number of pyridine rings is 1. The molecular weight excluding hydrogens is 198 g/mol. The van der Waals surface area contributed by atoms with Gasteiger partial charge in [0.15, 0.2) is 0 Å². The maximum atomic E-state index is 11.2. The van der Waals surface area contributed by atoms with E-state index in [0.29, 0.717) is 17.0 Å². The molecule has 15 heavy (non-hydrogen) atoms. The van der Waals surface area contributed by atoms with Gasteiger partial charge >= 0.3 is 5.97 Å². The van der Waals surface area contributed by atoms with E-state index in [1.807, 2.05) is 0 Å². The van der Waals surface area contributed by atoms with E-state index < -0.39 is 5.97 Å². The summed E-state index contributed by atoms with van der Waals surface area (Å²) in [5.41, 5.74) is 0.950. The monoisotopic (exact) mass is 205 g/mol. The number of nitrogens with zero attached hydrogens (tertiary/aromatic N) is 3. The summed E-state index contributed by atoms with van der Waals surface area (Å²) < 4.78 is 9.16. The SMILES string of the molecule is COC(=O)c1cncc(-c2ncon2)c1. The number of esters is 1. The molecule has 6 heteroatoms. The quantitative estimate of drug-likeness (QED) is 0.678. The average Bonchev–Trinajstić information content (AvgIpc) is 2.82. The first-order chi connectivity index (χ1) is 7.31. The highest BCUT2D eigenvalue weighted by atomic mass is 16.5. The van der Waals surface area contributed by atoms with Crippen molar-refractivity contribution in [2.75, 3.05) is 7.11 Å². The predicted octanol–water partition coefficient (Wildman–Crippen LogP) is 0.918. The third kappa shape index (κ3) is 1.83. The number of carbonyl (C=O) groups excluding carboxylic acids is 1. The standard InChI is InChI=1S/C9H7N3O3/c1-14-9(13)7-2-6(3-10-4-7)8-11-5-15-12-8/h2-5H,1H3. The van der Waals surface area contributed by atoms with E-state index in [1.54, 1.807) is 6.07 Å². The lowest BCUT2D eigenvalue weighted by Gasteiger charge is -1.99. The zero-order valence-corrected chi connectivity index (χ0v) is 7.88. The van der Waals surface area contributed by atoms with Gasteiger partial charge in [0.25, 0.3) is 0 Å². The highest BCUT2D eigenvalue weighted by molar-refractivity contribution is 5.90. The van der Waals surface area contributed by atoms with Gasteiger partial charge in [-0.1, -0.05) is 5.16 Å². The summed E-state index contributed by atoms with van der Waals surface area (Å²) in [6.45, 7) is 0. The van der Waals surface area contributed by atoms with E-state index in [0.717, 1.165) is 0 Å². The second kappa shape index (κ2) is 3.87. The van der Waals surface area contributed by atoms with E-state index in [-0.39, 0.29) is 0 Å². The minimum atomic E-state index is -0.451. The van der Waals surface area contributed by atoms with Crippen LogP contribution in [0.3, 0.4) is 0 Å². The molecule has 76 valence electrons. The molecule has 0 unspecified atom stereocenters. The predicted molar refractivity (Wildman–Crippen MR) is 48.9 cm³/mol. The molecule has 2 rings (SSSR count). The van der Waals surface area contributed by atoms with Crippen LogP contribution < -0.4 is 0 Å². The third-order valence-electron chi connectivity index (χ3n) is 1.78. The van der Waals surface area contributed by atoms with Crippen molar-refractivity contribution in [1.29, 1.82) is 0 Å². The Labute approximate surface area is 84.9 Å². The van der Waals surface area contributed by atoms with Crippen LogP contribution in [-0.2, 0) is 4.74 Å². The van der Waals surface area contributed by atoms with Crippen molar-refractivity contribution in [3.63, 3.8) is 0 Å². The molecular formula is C9H7N3O3. The zero-order valence-electron chi connectivity index (χ0n) is 7.88. The van der Waals surface area contributed by atoms with Gasteiger partial charge in [0.05, 0.1) is 12.7 Å². The van der Waals surface area contributed by atoms with E-state index in [4.69, 9.17) is 0 Å². The van der Waals surface area contributed by atoms with Crippen molar-refractivity contribution in [1.82, 2.24) is 15.1 Å². The van der Waals surface area contributed by atoms with Crippen molar-refractivity contribution in [3.05, 3.63) is 30.4 Å². The maximum Gasteiger partial charge on any atom is 0.339 e. The summed E-state index contributed by atoms with van der Waals surface area (Å²) in [5.74, 6) is -0.0684. The molecule has 0 amide bonds. The molecule has 2 aromatic rings. The molecule has 0 aliphatic carbocycles. The number of carbonyl (C=O) groups is 1. The molecule has 6 nitrogen and oxygen atoms in total. The van der Waals surface area contributed by atoms with E-state index >= 15 is 0 Å². The van der Waals surface area contributed by atoms with Crippen LogP contribution in [0.2, 0.25) is 0 Å². The van der Waals surface area contributed by atoms with Crippen LogP contribution in [0.4, 0.5) is 0 Å². The van der Waals surface area contributed by atoms with Crippen LogP contribution in [0.1, 0.15) is 10.4 Å². The van der Waals surface area contributed by atoms with Crippen molar-refractivity contribution < 1.29 is 14.1 Å². The van der Waals surface area contributed by atoms with Crippen LogP contribution in [0, 0.1) is 0 Å². The molecule has 0 aromatic carbocycles. The van der Waals surface area contributed by atoms with E-state index in [2.05, 4.69) is 24.4 Å². The van der Waals surface area contributed by atoms with Crippen molar-refractivity contribution in [2.24, 2.45) is 0 Å². The minimum absolute atomic E-state index is 0.347. The molecule has 0 bridgehead atoms. The Morgan fingerprint density at radius 1 is 1.47 bits per heavy atom. The van der Waals surface area contributed by atoms with Gasteiger partial charge in [-0.15, -0.1) is 0 Å². The van der Waals surface area contributed by atoms with Crippen LogP contribution in [-0.4, -0.2) is 28.2 Å². The zero-order chi connectivity index (χ0) is 10.7. The summed E-state index contributed by atoms with van der Waals surface area (Å²) in [7, 11) is 1.31. The van der Waals surface area contributed by atoms with Crippen LogP contribution in [0.15, 0.2) is 29.4 Å². The lowest BCUT2D eigenvalue weighted by molar-refractivity contribution is 0.0600. The van der Waals surface area contributed by atoms with Crippen molar-refractivity contribution >= 4 is 5.97 Å². The highest BCUT2D eigenvalue weighted by Crippen LogP contribution is 2.14. The van der Waals surface area contributed by atoms with Crippen LogP contribution in [0.25, 0.3) is 11.4 Å². The van der Waals surface area contributed by atoms with Gasteiger partial charge in [-0.3, -0.25) is 4.98 Å². The fraction of sp³-hybridized carbons (Fsp3) is 0.111. The number of methoxy groups -OCH3 is 1. The molecule has 0 spiro atoms. The normalized spacial score (nSPS) is 9.93. The molecule has 0 atom stereocenters. The smallest absolute Gasteiger partial charge is 0.339 e. The first-order valence-corrected chi connectivity index (χ1v) is 4.11. The van der Waals surface area contributed by atoms with Gasteiger partial charge in [0, 0.05) is 18.0 Å². The van der Waals surface area contributed by atoms with Gasteiger partial charge in [-0.05, 0) is 6.07 Å². The fourth-order valence-corrected chi connectivity index (χ4v) is 1.09. The minimum Gasteiger partial charge on any atom is -0.465 e. The molecule has 2 aromatic heterocycles. The van der Waals surface area contributed by atoms with Gasteiger partial charge < -0.3 is 9.26 Å². The second-order valence-corrected chi connectivity index (χ2v) is 2.71. The molecule has 2 heterocycles. The number of rotatable bonds is 2. The highest BCUT2D eigenvalue weighted by Gasteiger charge is 2.09. The van der Waals surface area contributed by atoms with Gasteiger partial charge in [-0.2, -0.15) is 4.98 Å². The Morgan fingerprint density at radius 3 is 3.00 bits per heavy atom. The Balaban J connectivity index is 2.39. The summed E-state index contributed by atoms with van der Waals surface area (Å²) in [5, 5.41) is 3.63. The summed E-state index contributed by atoms with van der Waals surface area (Å²) in [6, 6.07) is 1.59. The Kier molecular flexibility index (Phi) is 2.40. The third-order valence-corrected chi connectivity index (χ3v) is 1.78. The van der Waals surface area contributed by atoms with Crippen LogP contribution in [0.5, 0.6) is 0 Å². The summed E-state index contributed by atoms with van der Waals surface area (Å²) >= 11 is 0. The first kappa shape index (κ1) is 9.32. The molecule has 0 aliphatic rings. The average molecular weight is 205 g/mol. The van der Waals surface area contributed by atoms with Crippen molar-refractivity contribution in [2.45, 2.75) is 0 Å². The number of hydrogen-bond donors (Lipinski definition) is 0. The number of hydrogen-bond acceptors (Lipinski definition) is 6. The second-order valence-electron chi connectivity index (χ2n) is 2.71. The molecule has 0 fully saturated rings. The lowest BCUT2D eigenvalue weighted by atomic mass is 10.2.